The maximum atomic E-state index is 15.0. The van der Waals surface area contributed by atoms with Crippen molar-refractivity contribution in [3.8, 4) is 5.75 Å². The summed E-state index contributed by atoms with van der Waals surface area (Å²) in [6.45, 7) is 0.539. The molecule has 0 bridgehead atoms. The lowest BCUT2D eigenvalue weighted by molar-refractivity contribution is 0.386. The second kappa shape index (κ2) is 7.85. The molecular formula is C21H15BF6O. The Kier molecular flexibility index (Phi) is 5.64. The minimum Gasteiger partial charge on any atom is -0.494 e. The van der Waals surface area contributed by atoms with E-state index in [0.29, 0.717) is 0 Å². The Labute approximate surface area is 164 Å². The number of ether oxygens (including phenoxy) is 1. The predicted octanol–water partition coefficient (Wildman–Crippen LogP) is 3.66. The molecule has 0 radical (unpaired) electrons. The van der Waals surface area contributed by atoms with Gasteiger partial charge in [0.15, 0.2) is 11.6 Å². The van der Waals surface area contributed by atoms with Crippen molar-refractivity contribution in [2.24, 2.45) is 0 Å². The fourth-order valence-corrected chi connectivity index (χ4v) is 3.29. The van der Waals surface area contributed by atoms with Gasteiger partial charge >= 0.3 is 0 Å². The molecule has 0 atom stereocenters. The van der Waals surface area contributed by atoms with Crippen LogP contribution in [0, 0.1) is 48.8 Å². The molecular weight excluding hydrogens is 393 g/mol. The van der Waals surface area contributed by atoms with Gasteiger partial charge in [-0.25, -0.2) is 26.3 Å². The molecule has 0 aromatic heterocycles. The number of methoxy groups -OCH3 is 1. The first kappa shape index (κ1) is 20.8. The van der Waals surface area contributed by atoms with Crippen LogP contribution in [0.1, 0.15) is 11.1 Å². The average Bonchev–Trinajstić information content (AvgIpc) is 2.68. The van der Waals surface area contributed by atoms with Crippen LogP contribution in [0.2, 0.25) is 0 Å². The minimum absolute atomic E-state index is 0.0522. The lowest BCUT2D eigenvalue weighted by Crippen LogP contribution is -2.59. The summed E-state index contributed by atoms with van der Waals surface area (Å²) in [5, 5.41) is 0. The summed E-state index contributed by atoms with van der Waals surface area (Å²) in [4.78, 5) is 0. The topological polar surface area (TPSA) is 9.23 Å². The normalized spacial score (nSPS) is 10.9. The second-order valence-electron chi connectivity index (χ2n) is 6.59. The van der Waals surface area contributed by atoms with E-state index < -0.39 is 63.8 Å². The molecule has 29 heavy (non-hydrogen) atoms. The number of hydrogen-bond acceptors (Lipinski definition) is 1. The van der Waals surface area contributed by atoms with Crippen molar-refractivity contribution < 1.29 is 31.1 Å². The van der Waals surface area contributed by atoms with Crippen LogP contribution >= 0.6 is 0 Å². The van der Waals surface area contributed by atoms with Gasteiger partial charge in [0.25, 0.3) is 6.71 Å². The highest BCUT2D eigenvalue weighted by atomic mass is 19.2. The molecule has 0 spiro atoms. The van der Waals surface area contributed by atoms with Gasteiger partial charge in [-0.3, -0.25) is 0 Å². The Morgan fingerprint density at radius 2 is 0.966 bits per heavy atom. The van der Waals surface area contributed by atoms with Crippen LogP contribution in [-0.4, -0.2) is 13.8 Å². The molecule has 0 fully saturated rings. The largest absolute Gasteiger partial charge is 0.494 e. The van der Waals surface area contributed by atoms with Gasteiger partial charge in [0, 0.05) is 16.4 Å². The van der Waals surface area contributed by atoms with Gasteiger partial charge in [0.05, 0.1) is 7.11 Å². The van der Waals surface area contributed by atoms with Crippen molar-refractivity contribution in [3.63, 3.8) is 0 Å². The quantitative estimate of drug-likeness (QED) is 0.473. The van der Waals surface area contributed by atoms with Gasteiger partial charge < -0.3 is 4.74 Å². The highest BCUT2D eigenvalue weighted by Gasteiger charge is 2.38. The van der Waals surface area contributed by atoms with E-state index in [1.165, 1.54) is 13.8 Å². The van der Waals surface area contributed by atoms with Crippen LogP contribution in [0.4, 0.5) is 26.3 Å². The van der Waals surface area contributed by atoms with Crippen LogP contribution in [-0.2, 0) is 0 Å². The maximum Gasteiger partial charge on any atom is 0.264 e. The van der Waals surface area contributed by atoms with Crippen molar-refractivity contribution >= 4 is 23.1 Å². The van der Waals surface area contributed by atoms with Crippen LogP contribution < -0.4 is 21.1 Å². The Bertz CT molecular complexity index is 1040. The van der Waals surface area contributed by atoms with Crippen molar-refractivity contribution in [1.29, 1.82) is 0 Å². The summed E-state index contributed by atoms with van der Waals surface area (Å²) in [7, 11) is 1.11. The van der Waals surface area contributed by atoms with E-state index in [2.05, 4.69) is 0 Å². The number of halogens is 6. The first-order valence-electron chi connectivity index (χ1n) is 8.59. The lowest BCUT2D eigenvalue weighted by Gasteiger charge is -2.21. The molecule has 0 N–H and O–H groups in total. The fourth-order valence-electron chi connectivity index (χ4n) is 3.29. The fraction of sp³-hybridized carbons (Fsp3) is 0.143. The Hall–Kier alpha value is -2.90. The lowest BCUT2D eigenvalue weighted by atomic mass is 9.35. The number of rotatable bonds is 4. The summed E-state index contributed by atoms with van der Waals surface area (Å²) in [5.41, 5.74) is -2.75. The third-order valence-electron chi connectivity index (χ3n) is 4.82. The highest BCUT2D eigenvalue weighted by Crippen LogP contribution is 2.19. The van der Waals surface area contributed by atoms with Gasteiger partial charge in [0.1, 0.15) is 29.1 Å². The summed E-state index contributed by atoms with van der Waals surface area (Å²) < 4.78 is 93.8. The van der Waals surface area contributed by atoms with Gasteiger partial charge in [-0.15, -0.1) is 0 Å². The standard InChI is InChI=1S/C21H15BF6O/c1-10-4-6-12(23)16(19(10)26)22(17-13(24)7-5-11(2)20(17)27)18-14(25)8-9-15(29-3)21(18)28/h4-9H,1-3H3. The molecule has 0 unspecified atom stereocenters. The molecule has 0 aliphatic rings. The van der Waals surface area contributed by atoms with Gasteiger partial charge in [-0.1, -0.05) is 12.1 Å². The molecule has 0 saturated carbocycles. The van der Waals surface area contributed by atoms with E-state index in [9.17, 15) is 22.0 Å². The van der Waals surface area contributed by atoms with E-state index >= 15 is 4.39 Å². The van der Waals surface area contributed by atoms with E-state index in [0.717, 1.165) is 43.5 Å². The molecule has 3 rings (SSSR count). The average molecular weight is 408 g/mol. The summed E-state index contributed by atoms with van der Waals surface area (Å²) in [6, 6.07) is 5.77. The molecule has 0 amide bonds. The van der Waals surface area contributed by atoms with E-state index in [1.54, 1.807) is 0 Å². The van der Waals surface area contributed by atoms with Gasteiger partial charge in [0.2, 0.25) is 0 Å². The molecule has 1 nitrogen and oxygen atoms in total. The van der Waals surface area contributed by atoms with Gasteiger partial charge in [-0.05, 0) is 49.2 Å². The second-order valence-corrected chi connectivity index (χ2v) is 6.59. The number of benzene rings is 3. The first-order valence-corrected chi connectivity index (χ1v) is 8.59. The summed E-state index contributed by atoms with van der Waals surface area (Å²) in [6.07, 6.45) is 0. The van der Waals surface area contributed by atoms with Crippen molar-refractivity contribution in [2.45, 2.75) is 13.8 Å². The first-order chi connectivity index (χ1) is 13.7. The third-order valence-corrected chi connectivity index (χ3v) is 4.82. The third kappa shape index (κ3) is 3.47. The van der Waals surface area contributed by atoms with Gasteiger partial charge in [-0.2, -0.15) is 0 Å². The molecule has 0 saturated heterocycles. The monoisotopic (exact) mass is 408 g/mol. The zero-order valence-electron chi connectivity index (χ0n) is 15.7. The SMILES string of the molecule is COc1ccc(F)c(B(c2c(F)ccc(C)c2F)c2c(F)ccc(C)c2F)c1F. The zero-order chi connectivity index (χ0) is 21.5. The molecule has 0 heterocycles. The predicted molar refractivity (Wildman–Crippen MR) is 99.8 cm³/mol. The molecule has 3 aromatic rings. The van der Waals surface area contributed by atoms with E-state index in [4.69, 9.17) is 4.74 Å². The summed E-state index contributed by atoms with van der Waals surface area (Å²) >= 11 is 0. The summed E-state index contributed by atoms with van der Waals surface area (Å²) in [5.74, 6) is -7.67. The molecule has 0 aliphatic heterocycles. The Morgan fingerprint density at radius 3 is 1.38 bits per heavy atom. The highest BCUT2D eigenvalue weighted by molar-refractivity contribution is 6.95. The molecule has 0 aliphatic carbocycles. The number of hydrogen-bond donors (Lipinski definition) is 0. The van der Waals surface area contributed by atoms with Crippen LogP contribution in [0.3, 0.4) is 0 Å². The van der Waals surface area contributed by atoms with Crippen molar-refractivity contribution in [1.82, 2.24) is 0 Å². The van der Waals surface area contributed by atoms with Crippen molar-refractivity contribution in [3.05, 3.63) is 82.4 Å². The van der Waals surface area contributed by atoms with Crippen LogP contribution in [0.25, 0.3) is 0 Å². The smallest absolute Gasteiger partial charge is 0.264 e. The van der Waals surface area contributed by atoms with Crippen LogP contribution in [0.15, 0.2) is 36.4 Å². The molecule has 3 aromatic carbocycles. The zero-order valence-corrected chi connectivity index (χ0v) is 15.7. The van der Waals surface area contributed by atoms with E-state index in [1.807, 2.05) is 0 Å². The number of aryl methyl sites for hydroxylation is 2. The van der Waals surface area contributed by atoms with Crippen LogP contribution in [0.5, 0.6) is 5.75 Å². The Morgan fingerprint density at radius 1 is 0.586 bits per heavy atom. The minimum atomic E-state index is -2.06. The molecule has 8 heteroatoms. The molecule has 150 valence electrons. The van der Waals surface area contributed by atoms with E-state index in [-0.39, 0.29) is 11.1 Å². The maximum absolute atomic E-state index is 15.0. The Balaban J connectivity index is 2.51. The van der Waals surface area contributed by atoms with Crippen molar-refractivity contribution in [2.75, 3.05) is 7.11 Å².